The Morgan fingerprint density at radius 3 is 2.24 bits per heavy atom. The SMILES string of the molecule is CC(C)CN(Cc1ccccc1)C(=S)NC1CC(C)(C)NC(C)(C)C1. The van der Waals surface area contributed by atoms with Crippen molar-refractivity contribution in [2.45, 2.75) is 78.0 Å². The molecule has 1 aliphatic heterocycles. The number of hydrogen-bond donors (Lipinski definition) is 2. The Morgan fingerprint density at radius 2 is 1.72 bits per heavy atom. The summed E-state index contributed by atoms with van der Waals surface area (Å²) in [5, 5.41) is 8.30. The van der Waals surface area contributed by atoms with Gasteiger partial charge in [-0.2, -0.15) is 0 Å². The van der Waals surface area contributed by atoms with Crippen LogP contribution in [0.25, 0.3) is 0 Å². The quantitative estimate of drug-likeness (QED) is 0.764. The Kier molecular flexibility index (Phi) is 6.50. The molecule has 25 heavy (non-hydrogen) atoms. The van der Waals surface area contributed by atoms with E-state index >= 15 is 0 Å². The molecule has 0 aromatic heterocycles. The Bertz CT molecular complexity index is 550. The Morgan fingerprint density at radius 1 is 1.16 bits per heavy atom. The van der Waals surface area contributed by atoms with Gasteiger partial charge in [0.1, 0.15) is 0 Å². The van der Waals surface area contributed by atoms with Crippen LogP contribution in [0.15, 0.2) is 30.3 Å². The van der Waals surface area contributed by atoms with Crippen LogP contribution >= 0.6 is 12.2 Å². The molecule has 0 spiro atoms. The summed E-state index contributed by atoms with van der Waals surface area (Å²) in [7, 11) is 0. The fourth-order valence-corrected chi connectivity index (χ4v) is 4.46. The highest BCUT2D eigenvalue weighted by Crippen LogP contribution is 2.28. The lowest BCUT2D eigenvalue weighted by Gasteiger charge is -2.47. The summed E-state index contributed by atoms with van der Waals surface area (Å²) in [6.45, 7) is 15.4. The number of hydrogen-bond acceptors (Lipinski definition) is 2. The number of nitrogens with zero attached hydrogens (tertiary/aromatic N) is 1. The van der Waals surface area contributed by atoms with Crippen molar-refractivity contribution < 1.29 is 0 Å². The van der Waals surface area contributed by atoms with Crippen LogP contribution in [0, 0.1) is 5.92 Å². The molecule has 0 bridgehead atoms. The van der Waals surface area contributed by atoms with Gasteiger partial charge in [-0.25, -0.2) is 0 Å². The lowest BCUT2D eigenvalue weighted by molar-refractivity contribution is 0.153. The number of thiocarbonyl (C=S) groups is 1. The highest BCUT2D eigenvalue weighted by Gasteiger charge is 2.38. The third-order valence-corrected chi connectivity index (χ3v) is 4.98. The van der Waals surface area contributed by atoms with Gasteiger partial charge in [0.05, 0.1) is 0 Å². The molecular weight excluding hydrogens is 326 g/mol. The van der Waals surface area contributed by atoms with Gasteiger partial charge in [0.25, 0.3) is 0 Å². The Hall–Kier alpha value is -1.13. The van der Waals surface area contributed by atoms with Crippen LogP contribution in [0.2, 0.25) is 0 Å². The minimum Gasteiger partial charge on any atom is -0.360 e. The van der Waals surface area contributed by atoms with Gasteiger partial charge in [-0.05, 0) is 64.2 Å². The van der Waals surface area contributed by atoms with Crippen molar-refractivity contribution in [1.82, 2.24) is 15.5 Å². The van der Waals surface area contributed by atoms with Gasteiger partial charge in [-0.3, -0.25) is 0 Å². The molecule has 140 valence electrons. The summed E-state index contributed by atoms with van der Waals surface area (Å²) in [6, 6.07) is 11.0. The van der Waals surface area contributed by atoms with E-state index in [-0.39, 0.29) is 11.1 Å². The van der Waals surface area contributed by atoms with Gasteiger partial charge in [-0.1, -0.05) is 44.2 Å². The standard InChI is InChI=1S/C21H35N3S/c1-16(2)14-24(15-17-10-8-7-9-11-17)19(25)22-18-12-20(3,4)23-21(5,6)13-18/h7-11,16,18,23H,12-15H2,1-6H3,(H,22,25). The number of nitrogens with one attached hydrogen (secondary N) is 2. The molecule has 0 aliphatic carbocycles. The summed E-state index contributed by atoms with van der Waals surface area (Å²) in [5.41, 5.74) is 1.55. The van der Waals surface area contributed by atoms with Crippen LogP contribution in [0.5, 0.6) is 0 Å². The van der Waals surface area contributed by atoms with Gasteiger partial charge < -0.3 is 15.5 Å². The molecular formula is C21H35N3S. The molecule has 1 fully saturated rings. The zero-order valence-corrected chi connectivity index (χ0v) is 17.5. The van der Waals surface area contributed by atoms with Crippen LogP contribution in [0.1, 0.15) is 59.9 Å². The molecule has 4 heteroatoms. The van der Waals surface area contributed by atoms with Gasteiger partial charge in [0.2, 0.25) is 0 Å². The number of benzene rings is 1. The zero-order valence-electron chi connectivity index (χ0n) is 16.7. The van der Waals surface area contributed by atoms with E-state index in [0.717, 1.165) is 31.0 Å². The maximum Gasteiger partial charge on any atom is 0.169 e. The fraction of sp³-hybridized carbons (Fsp3) is 0.667. The second-order valence-electron chi connectivity index (χ2n) is 9.21. The smallest absolute Gasteiger partial charge is 0.169 e. The van der Waals surface area contributed by atoms with E-state index in [1.54, 1.807) is 0 Å². The van der Waals surface area contributed by atoms with Crippen molar-refractivity contribution >= 4 is 17.3 Å². The van der Waals surface area contributed by atoms with E-state index < -0.39 is 0 Å². The molecule has 1 aromatic carbocycles. The second kappa shape index (κ2) is 8.05. The van der Waals surface area contributed by atoms with Gasteiger partial charge in [0, 0.05) is 30.2 Å². The van der Waals surface area contributed by atoms with E-state index in [1.165, 1.54) is 5.56 Å². The predicted molar refractivity (Wildman–Crippen MR) is 112 cm³/mol. The first-order chi connectivity index (χ1) is 11.6. The van der Waals surface area contributed by atoms with E-state index in [2.05, 4.69) is 87.4 Å². The van der Waals surface area contributed by atoms with Crippen LogP contribution in [0.3, 0.4) is 0 Å². The molecule has 1 heterocycles. The highest BCUT2D eigenvalue weighted by molar-refractivity contribution is 7.80. The first-order valence-corrected chi connectivity index (χ1v) is 9.86. The van der Waals surface area contributed by atoms with Gasteiger partial charge in [0.15, 0.2) is 5.11 Å². The largest absolute Gasteiger partial charge is 0.360 e. The Balaban J connectivity index is 2.05. The van der Waals surface area contributed by atoms with E-state index in [1.807, 2.05) is 0 Å². The molecule has 3 nitrogen and oxygen atoms in total. The van der Waals surface area contributed by atoms with Crippen molar-refractivity contribution in [3.05, 3.63) is 35.9 Å². The van der Waals surface area contributed by atoms with E-state index in [4.69, 9.17) is 12.2 Å². The second-order valence-corrected chi connectivity index (χ2v) is 9.59. The summed E-state index contributed by atoms with van der Waals surface area (Å²) in [5.74, 6) is 0.573. The molecule has 2 rings (SSSR count). The average molecular weight is 362 g/mol. The first-order valence-electron chi connectivity index (χ1n) is 9.45. The summed E-state index contributed by atoms with van der Waals surface area (Å²) in [6.07, 6.45) is 2.16. The van der Waals surface area contributed by atoms with E-state index in [9.17, 15) is 0 Å². The monoisotopic (exact) mass is 361 g/mol. The molecule has 1 aliphatic rings. The van der Waals surface area contributed by atoms with E-state index in [0.29, 0.717) is 12.0 Å². The van der Waals surface area contributed by atoms with Crippen molar-refractivity contribution in [3.63, 3.8) is 0 Å². The molecule has 0 saturated carbocycles. The summed E-state index contributed by atoms with van der Waals surface area (Å²) >= 11 is 5.82. The average Bonchev–Trinajstić information content (AvgIpc) is 2.43. The zero-order chi connectivity index (χ0) is 18.7. The molecule has 0 unspecified atom stereocenters. The number of rotatable bonds is 5. The predicted octanol–water partition coefficient (Wildman–Crippen LogP) is 4.33. The van der Waals surface area contributed by atoms with Crippen molar-refractivity contribution in [1.29, 1.82) is 0 Å². The molecule has 1 saturated heterocycles. The summed E-state index contributed by atoms with van der Waals surface area (Å²) < 4.78 is 0. The normalized spacial score (nSPS) is 19.6. The molecule has 2 N–H and O–H groups in total. The first kappa shape index (κ1) is 20.2. The minimum atomic E-state index is 0.122. The van der Waals surface area contributed by atoms with Crippen LogP contribution in [0.4, 0.5) is 0 Å². The van der Waals surface area contributed by atoms with Crippen LogP contribution in [-0.2, 0) is 6.54 Å². The van der Waals surface area contributed by atoms with Crippen molar-refractivity contribution in [2.24, 2.45) is 5.92 Å². The van der Waals surface area contributed by atoms with Gasteiger partial charge >= 0.3 is 0 Å². The Labute approximate surface area is 159 Å². The molecule has 0 amide bonds. The van der Waals surface area contributed by atoms with Crippen LogP contribution < -0.4 is 10.6 Å². The van der Waals surface area contributed by atoms with Gasteiger partial charge in [-0.15, -0.1) is 0 Å². The minimum absolute atomic E-state index is 0.122. The lowest BCUT2D eigenvalue weighted by atomic mass is 9.80. The summed E-state index contributed by atoms with van der Waals surface area (Å²) in [4.78, 5) is 2.32. The lowest BCUT2D eigenvalue weighted by Crippen LogP contribution is -2.63. The maximum absolute atomic E-state index is 5.82. The van der Waals surface area contributed by atoms with Crippen molar-refractivity contribution in [3.8, 4) is 0 Å². The molecule has 0 radical (unpaired) electrons. The third-order valence-electron chi connectivity index (χ3n) is 4.61. The third kappa shape index (κ3) is 6.59. The topological polar surface area (TPSA) is 27.3 Å². The molecule has 1 aromatic rings. The molecule has 0 atom stereocenters. The van der Waals surface area contributed by atoms with Crippen molar-refractivity contribution in [2.75, 3.05) is 6.54 Å². The number of piperidine rings is 1. The fourth-order valence-electron chi connectivity index (χ4n) is 4.15. The van der Waals surface area contributed by atoms with Crippen LogP contribution in [-0.4, -0.2) is 33.7 Å². The highest BCUT2D eigenvalue weighted by atomic mass is 32.1. The maximum atomic E-state index is 5.82.